The molecule has 1 fully saturated rings. The van der Waals surface area contributed by atoms with Gasteiger partial charge in [0.1, 0.15) is 6.04 Å². The third-order valence-electron chi connectivity index (χ3n) is 3.31. The Morgan fingerprint density at radius 3 is 2.89 bits per heavy atom. The Balaban J connectivity index is 2.06. The second kappa shape index (κ2) is 5.95. The van der Waals surface area contributed by atoms with E-state index in [9.17, 15) is 9.90 Å². The van der Waals surface area contributed by atoms with E-state index >= 15 is 0 Å². The summed E-state index contributed by atoms with van der Waals surface area (Å²) in [5.41, 5.74) is 0. The first-order valence-corrected chi connectivity index (χ1v) is 6.43. The van der Waals surface area contributed by atoms with Crippen LogP contribution in [0.3, 0.4) is 0 Å². The molecule has 18 heavy (non-hydrogen) atoms. The Bertz CT molecular complexity index is 405. The van der Waals surface area contributed by atoms with Gasteiger partial charge in [0.05, 0.1) is 6.54 Å². The monoisotopic (exact) mass is 253 g/mol. The molecule has 0 saturated carbocycles. The molecule has 0 amide bonds. The van der Waals surface area contributed by atoms with Crippen LogP contribution in [0.4, 0.5) is 0 Å². The van der Waals surface area contributed by atoms with E-state index in [1.54, 1.807) is 6.92 Å². The molecule has 1 saturated heterocycles. The van der Waals surface area contributed by atoms with Crippen LogP contribution in [0.25, 0.3) is 0 Å². The second-order valence-electron chi connectivity index (χ2n) is 4.76. The maximum absolute atomic E-state index is 11.3. The van der Waals surface area contributed by atoms with Gasteiger partial charge in [0.15, 0.2) is 5.82 Å². The Morgan fingerprint density at radius 1 is 1.44 bits per heavy atom. The first kappa shape index (κ1) is 13.0. The number of aliphatic carboxylic acids is 1. The number of aromatic nitrogens is 2. The van der Waals surface area contributed by atoms with E-state index < -0.39 is 12.0 Å². The lowest BCUT2D eigenvalue weighted by molar-refractivity contribution is -0.144. The summed E-state index contributed by atoms with van der Waals surface area (Å²) in [5.74, 6) is 0.334. The van der Waals surface area contributed by atoms with Gasteiger partial charge in [-0.1, -0.05) is 24.4 Å². The average molecular weight is 253 g/mol. The predicted octanol–water partition coefficient (Wildman–Crippen LogP) is 1.60. The molecule has 6 heteroatoms. The molecule has 0 aliphatic carbocycles. The van der Waals surface area contributed by atoms with Crippen LogP contribution in [0.2, 0.25) is 0 Å². The van der Waals surface area contributed by atoms with Gasteiger partial charge in [-0.25, -0.2) is 0 Å². The number of nitrogens with zero attached hydrogens (tertiary/aromatic N) is 3. The van der Waals surface area contributed by atoms with Crippen molar-refractivity contribution in [1.82, 2.24) is 15.0 Å². The molecule has 0 radical (unpaired) electrons. The fraction of sp³-hybridized carbons (Fsp3) is 0.750. The van der Waals surface area contributed by atoms with E-state index in [4.69, 9.17) is 4.52 Å². The lowest BCUT2D eigenvalue weighted by Crippen LogP contribution is -2.42. The van der Waals surface area contributed by atoms with Crippen LogP contribution >= 0.6 is 0 Å². The highest BCUT2D eigenvalue weighted by atomic mass is 16.5. The van der Waals surface area contributed by atoms with Gasteiger partial charge in [0.25, 0.3) is 0 Å². The molecule has 1 aromatic rings. The summed E-state index contributed by atoms with van der Waals surface area (Å²) in [6, 6.07) is -0.427. The first-order valence-electron chi connectivity index (χ1n) is 6.43. The lowest BCUT2D eigenvalue weighted by atomic mass is 10.0. The highest BCUT2D eigenvalue weighted by Gasteiger charge is 2.27. The van der Waals surface area contributed by atoms with Crippen LogP contribution < -0.4 is 0 Å². The lowest BCUT2D eigenvalue weighted by Gasteiger charge is -2.29. The number of carboxylic acid groups (broad SMARTS) is 1. The first-order chi connectivity index (χ1) is 8.66. The third-order valence-corrected chi connectivity index (χ3v) is 3.31. The molecule has 2 heterocycles. The number of likely N-dealkylation sites (tertiary alicyclic amines) is 1. The van der Waals surface area contributed by atoms with Crippen molar-refractivity contribution in [2.75, 3.05) is 6.54 Å². The molecule has 100 valence electrons. The molecule has 1 N–H and O–H groups in total. The summed E-state index contributed by atoms with van der Waals surface area (Å²) >= 11 is 0. The highest BCUT2D eigenvalue weighted by molar-refractivity contribution is 5.73. The van der Waals surface area contributed by atoms with E-state index in [1.807, 2.05) is 4.90 Å². The third kappa shape index (κ3) is 3.29. The smallest absolute Gasteiger partial charge is 0.320 e. The average Bonchev–Trinajstić information content (AvgIpc) is 2.67. The standard InChI is InChI=1S/C12H19N3O3/c1-9-13-11(14-18-9)8-15-7-5-3-2-4-6-10(15)12(16)17/h10H,2-8H2,1H3,(H,16,17). The maximum atomic E-state index is 11.3. The van der Waals surface area contributed by atoms with Crippen LogP contribution in [0, 0.1) is 6.92 Å². The van der Waals surface area contributed by atoms with Gasteiger partial charge in [0, 0.05) is 6.92 Å². The quantitative estimate of drug-likeness (QED) is 0.881. The van der Waals surface area contributed by atoms with Gasteiger partial charge in [-0.3, -0.25) is 9.69 Å². The van der Waals surface area contributed by atoms with E-state index in [-0.39, 0.29) is 0 Å². The predicted molar refractivity (Wildman–Crippen MR) is 64.0 cm³/mol. The van der Waals surface area contributed by atoms with Crippen LogP contribution in [-0.2, 0) is 11.3 Å². The van der Waals surface area contributed by atoms with Crippen molar-refractivity contribution in [3.05, 3.63) is 11.7 Å². The van der Waals surface area contributed by atoms with E-state index in [2.05, 4.69) is 10.1 Å². The summed E-state index contributed by atoms with van der Waals surface area (Å²) < 4.78 is 4.92. The van der Waals surface area contributed by atoms with E-state index in [1.165, 1.54) is 0 Å². The number of carboxylic acids is 1. The molecule has 0 bridgehead atoms. The molecule has 1 aliphatic rings. The highest BCUT2D eigenvalue weighted by Crippen LogP contribution is 2.18. The minimum absolute atomic E-state index is 0.427. The minimum Gasteiger partial charge on any atom is -0.480 e. The molecule has 1 unspecified atom stereocenters. The van der Waals surface area contributed by atoms with Crippen LogP contribution in [0.5, 0.6) is 0 Å². The Hall–Kier alpha value is -1.43. The van der Waals surface area contributed by atoms with Gasteiger partial charge in [-0.05, 0) is 19.4 Å². The van der Waals surface area contributed by atoms with Gasteiger partial charge in [0.2, 0.25) is 5.89 Å². The fourth-order valence-electron chi connectivity index (χ4n) is 2.40. The molecule has 0 spiro atoms. The van der Waals surface area contributed by atoms with Crippen LogP contribution in [0.15, 0.2) is 4.52 Å². The van der Waals surface area contributed by atoms with Crippen molar-refractivity contribution >= 4 is 5.97 Å². The minimum atomic E-state index is -0.753. The number of rotatable bonds is 3. The fourth-order valence-corrected chi connectivity index (χ4v) is 2.40. The molecular formula is C12H19N3O3. The summed E-state index contributed by atoms with van der Waals surface area (Å²) in [7, 11) is 0. The van der Waals surface area contributed by atoms with E-state index in [0.717, 1.165) is 32.2 Å². The van der Waals surface area contributed by atoms with Crippen molar-refractivity contribution in [3.63, 3.8) is 0 Å². The number of hydrogen-bond donors (Lipinski definition) is 1. The van der Waals surface area contributed by atoms with Crippen molar-refractivity contribution in [3.8, 4) is 0 Å². The zero-order valence-corrected chi connectivity index (χ0v) is 10.6. The summed E-state index contributed by atoms with van der Waals surface area (Å²) in [4.78, 5) is 17.4. The largest absolute Gasteiger partial charge is 0.480 e. The number of aryl methyl sites for hydroxylation is 1. The number of hydrogen-bond acceptors (Lipinski definition) is 5. The zero-order chi connectivity index (χ0) is 13.0. The van der Waals surface area contributed by atoms with Gasteiger partial charge in [-0.2, -0.15) is 4.98 Å². The second-order valence-corrected chi connectivity index (χ2v) is 4.76. The molecule has 1 aromatic heterocycles. The summed E-state index contributed by atoms with van der Waals surface area (Å²) in [6.07, 6.45) is 4.98. The van der Waals surface area contributed by atoms with Crippen molar-refractivity contribution in [1.29, 1.82) is 0 Å². The molecule has 0 aromatic carbocycles. The molecular weight excluding hydrogens is 234 g/mol. The molecule has 1 atom stereocenters. The van der Waals surface area contributed by atoms with Gasteiger partial charge in [-0.15, -0.1) is 0 Å². The molecule has 2 rings (SSSR count). The summed E-state index contributed by atoms with van der Waals surface area (Å²) in [5, 5.41) is 13.1. The Kier molecular flexibility index (Phi) is 4.30. The van der Waals surface area contributed by atoms with Crippen molar-refractivity contribution < 1.29 is 14.4 Å². The van der Waals surface area contributed by atoms with Crippen molar-refractivity contribution in [2.24, 2.45) is 0 Å². The molecule has 1 aliphatic heterocycles. The van der Waals surface area contributed by atoms with E-state index in [0.29, 0.717) is 24.7 Å². The normalized spacial score (nSPS) is 22.4. The Morgan fingerprint density at radius 2 is 2.22 bits per heavy atom. The van der Waals surface area contributed by atoms with Gasteiger partial charge >= 0.3 is 5.97 Å². The van der Waals surface area contributed by atoms with Crippen molar-refractivity contribution in [2.45, 2.75) is 51.6 Å². The zero-order valence-electron chi connectivity index (χ0n) is 10.6. The summed E-state index contributed by atoms with van der Waals surface area (Å²) in [6.45, 7) is 2.97. The van der Waals surface area contributed by atoms with Crippen LogP contribution in [-0.4, -0.2) is 38.7 Å². The molecule has 6 nitrogen and oxygen atoms in total. The maximum Gasteiger partial charge on any atom is 0.320 e. The number of carbonyl (C=O) groups is 1. The Labute approximate surface area is 106 Å². The topological polar surface area (TPSA) is 79.5 Å². The van der Waals surface area contributed by atoms with Gasteiger partial charge < -0.3 is 9.63 Å². The SMILES string of the molecule is Cc1nc(CN2CCCCCCC2C(=O)O)no1. The van der Waals surface area contributed by atoms with Crippen LogP contribution in [0.1, 0.15) is 43.8 Å².